The second kappa shape index (κ2) is 7.10. The van der Waals surface area contributed by atoms with Crippen LogP contribution >= 0.6 is 0 Å². The summed E-state index contributed by atoms with van der Waals surface area (Å²) in [6.07, 6.45) is -0.352. The molecule has 0 aliphatic carbocycles. The average Bonchev–Trinajstić information content (AvgIpc) is 3.04. The number of aliphatic hydroxyl groups is 1. The third-order valence-corrected chi connectivity index (χ3v) is 5.02. The number of benzene rings is 1. The molecule has 2 aliphatic heterocycles. The van der Waals surface area contributed by atoms with Gasteiger partial charge in [-0.15, -0.1) is 0 Å². The summed E-state index contributed by atoms with van der Waals surface area (Å²) in [5, 5.41) is 9.94. The van der Waals surface area contributed by atoms with E-state index in [4.69, 9.17) is 18.9 Å². The molecule has 1 aromatic rings. The summed E-state index contributed by atoms with van der Waals surface area (Å²) in [5.41, 5.74) is 1.26. The minimum absolute atomic E-state index is 0.0360. The molecule has 0 amide bonds. The SMILES string of the molecule is COC1C(C(CO)CC(C)c2ccccc2)OC2OC(C)(C)OC21. The summed E-state index contributed by atoms with van der Waals surface area (Å²) < 4.78 is 23.5. The van der Waals surface area contributed by atoms with E-state index in [9.17, 15) is 5.11 Å². The molecule has 0 spiro atoms. The Balaban J connectivity index is 1.70. The molecule has 2 saturated heterocycles. The van der Waals surface area contributed by atoms with Crippen LogP contribution in [0.15, 0.2) is 30.3 Å². The zero-order chi connectivity index (χ0) is 17.3. The first-order valence-corrected chi connectivity index (χ1v) is 8.65. The van der Waals surface area contributed by atoms with Gasteiger partial charge >= 0.3 is 0 Å². The lowest BCUT2D eigenvalue weighted by molar-refractivity contribution is -0.224. The van der Waals surface area contributed by atoms with E-state index in [0.717, 1.165) is 6.42 Å². The van der Waals surface area contributed by atoms with Gasteiger partial charge < -0.3 is 24.1 Å². The van der Waals surface area contributed by atoms with Crippen molar-refractivity contribution < 1.29 is 24.1 Å². The van der Waals surface area contributed by atoms with Gasteiger partial charge in [-0.05, 0) is 31.7 Å². The molecule has 2 fully saturated rings. The number of hydrogen-bond donors (Lipinski definition) is 1. The number of fused-ring (bicyclic) bond motifs is 1. The molecular weight excluding hydrogens is 308 g/mol. The fourth-order valence-electron chi connectivity index (χ4n) is 3.84. The molecule has 24 heavy (non-hydrogen) atoms. The molecule has 6 atom stereocenters. The van der Waals surface area contributed by atoms with Crippen molar-refractivity contribution in [1.29, 1.82) is 0 Å². The Bertz CT molecular complexity index is 532. The largest absolute Gasteiger partial charge is 0.396 e. The number of methoxy groups -OCH3 is 1. The van der Waals surface area contributed by atoms with E-state index in [0.29, 0.717) is 5.92 Å². The van der Waals surface area contributed by atoms with Crippen molar-refractivity contribution in [3.8, 4) is 0 Å². The Labute approximate surface area is 143 Å². The van der Waals surface area contributed by atoms with Crippen molar-refractivity contribution in [1.82, 2.24) is 0 Å². The first-order valence-electron chi connectivity index (χ1n) is 8.65. The normalized spacial score (nSPS) is 34.0. The number of rotatable bonds is 6. The molecule has 2 aliphatic rings. The first kappa shape index (κ1) is 17.8. The van der Waals surface area contributed by atoms with Crippen LogP contribution in [0.2, 0.25) is 0 Å². The lowest BCUT2D eigenvalue weighted by Crippen LogP contribution is -2.41. The zero-order valence-corrected chi connectivity index (χ0v) is 14.8. The molecular formula is C19H28O5. The van der Waals surface area contributed by atoms with E-state index in [2.05, 4.69) is 19.1 Å². The molecule has 6 unspecified atom stereocenters. The van der Waals surface area contributed by atoms with Crippen LogP contribution in [0.4, 0.5) is 0 Å². The number of hydrogen-bond acceptors (Lipinski definition) is 5. The molecule has 5 nitrogen and oxygen atoms in total. The van der Waals surface area contributed by atoms with E-state index in [-0.39, 0.29) is 30.8 Å². The Kier molecular flexibility index (Phi) is 5.27. The highest BCUT2D eigenvalue weighted by atomic mass is 16.8. The van der Waals surface area contributed by atoms with Crippen molar-refractivity contribution >= 4 is 0 Å². The average molecular weight is 336 g/mol. The summed E-state index contributed by atoms with van der Waals surface area (Å²) in [6.45, 7) is 5.96. The molecule has 5 heteroatoms. The smallest absolute Gasteiger partial charge is 0.190 e. The van der Waals surface area contributed by atoms with Crippen molar-refractivity contribution in [2.75, 3.05) is 13.7 Å². The number of ether oxygens (including phenoxy) is 4. The van der Waals surface area contributed by atoms with Gasteiger partial charge in [-0.2, -0.15) is 0 Å². The van der Waals surface area contributed by atoms with Gasteiger partial charge in [0.05, 0.1) is 6.10 Å². The monoisotopic (exact) mass is 336 g/mol. The van der Waals surface area contributed by atoms with Crippen LogP contribution < -0.4 is 0 Å². The van der Waals surface area contributed by atoms with Crippen LogP contribution in [0, 0.1) is 5.92 Å². The molecule has 0 saturated carbocycles. The maximum atomic E-state index is 9.94. The van der Waals surface area contributed by atoms with Crippen molar-refractivity contribution in [2.24, 2.45) is 5.92 Å². The van der Waals surface area contributed by atoms with Crippen LogP contribution in [0.25, 0.3) is 0 Å². The second-order valence-corrected chi connectivity index (χ2v) is 7.26. The summed E-state index contributed by atoms with van der Waals surface area (Å²) in [5.74, 6) is -0.377. The predicted octanol–water partition coefficient (Wildman–Crippen LogP) is 2.68. The van der Waals surface area contributed by atoms with Gasteiger partial charge in [-0.3, -0.25) is 0 Å². The van der Waals surface area contributed by atoms with Gasteiger partial charge in [0.2, 0.25) is 0 Å². The third-order valence-electron chi connectivity index (χ3n) is 5.02. The van der Waals surface area contributed by atoms with Crippen LogP contribution in [0.5, 0.6) is 0 Å². The van der Waals surface area contributed by atoms with Gasteiger partial charge in [0.25, 0.3) is 0 Å². The maximum Gasteiger partial charge on any atom is 0.190 e. The molecule has 134 valence electrons. The van der Waals surface area contributed by atoms with Crippen LogP contribution in [-0.2, 0) is 18.9 Å². The van der Waals surface area contributed by atoms with Gasteiger partial charge in [0.15, 0.2) is 12.1 Å². The van der Waals surface area contributed by atoms with E-state index in [1.165, 1.54) is 5.56 Å². The topological polar surface area (TPSA) is 57.2 Å². The summed E-state index contributed by atoms with van der Waals surface area (Å²) >= 11 is 0. The maximum absolute atomic E-state index is 9.94. The molecule has 0 bridgehead atoms. The highest BCUT2D eigenvalue weighted by molar-refractivity contribution is 5.19. The quantitative estimate of drug-likeness (QED) is 0.865. The zero-order valence-electron chi connectivity index (χ0n) is 14.8. The second-order valence-electron chi connectivity index (χ2n) is 7.26. The van der Waals surface area contributed by atoms with E-state index < -0.39 is 12.1 Å². The fraction of sp³-hybridized carbons (Fsp3) is 0.684. The number of aliphatic hydroxyl groups excluding tert-OH is 1. The van der Waals surface area contributed by atoms with Crippen molar-refractivity contribution in [3.63, 3.8) is 0 Å². The minimum Gasteiger partial charge on any atom is -0.396 e. The summed E-state index contributed by atoms with van der Waals surface area (Å²) in [4.78, 5) is 0. The highest BCUT2D eigenvalue weighted by Crippen LogP contribution is 2.42. The lowest BCUT2D eigenvalue weighted by atomic mass is 9.85. The van der Waals surface area contributed by atoms with Gasteiger partial charge in [0, 0.05) is 19.6 Å². The first-order chi connectivity index (χ1) is 11.4. The third kappa shape index (κ3) is 3.51. The van der Waals surface area contributed by atoms with E-state index in [1.807, 2.05) is 32.0 Å². The van der Waals surface area contributed by atoms with Crippen molar-refractivity contribution in [3.05, 3.63) is 35.9 Å². The van der Waals surface area contributed by atoms with Gasteiger partial charge in [-0.1, -0.05) is 37.3 Å². The fourth-order valence-corrected chi connectivity index (χ4v) is 3.84. The molecule has 1 aromatic carbocycles. The standard InChI is InChI=1S/C19H28O5/c1-12(13-8-6-5-7-9-13)10-14(11-20)15-16(21-4)17-18(22-15)24-19(2,3)23-17/h5-9,12,14-18,20H,10-11H2,1-4H3. The molecule has 3 rings (SSSR count). The summed E-state index contributed by atoms with van der Waals surface area (Å²) in [7, 11) is 1.66. The van der Waals surface area contributed by atoms with Crippen LogP contribution in [-0.4, -0.2) is 49.2 Å². The van der Waals surface area contributed by atoms with Gasteiger partial charge in [-0.25, -0.2) is 0 Å². The Morgan fingerprint density at radius 2 is 1.92 bits per heavy atom. The Morgan fingerprint density at radius 3 is 2.54 bits per heavy atom. The van der Waals surface area contributed by atoms with E-state index in [1.54, 1.807) is 7.11 Å². The van der Waals surface area contributed by atoms with Crippen LogP contribution in [0.1, 0.15) is 38.7 Å². The van der Waals surface area contributed by atoms with Crippen molar-refractivity contribution in [2.45, 2.75) is 63.5 Å². The Hall–Kier alpha value is -0.980. The van der Waals surface area contributed by atoms with E-state index >= 15 is 0 Å². The lowest BCUT2D eigenvalue weighted by Gasteiger charge is -2.30. The molecule has 0 aromatic heterocycles. The Morgan fingerprint density at radius 1 is 1.21 bits per heavy atom. The van der Waals surface area contributed by atoms with Crippen LogP contribution in [0.3, 0.4) is 0 Å². The molecule has 2 heterocycles. The molecule has 0 radical (unpaired) electrons. The molecule has 1 N–H and O–H groups in total. The van der Waals surface area contributed by atoms with Gasteiger partial charge in [0.1, 0.15) is 12.2 Å². The predicted molar refractivity (Wildman–Crippen MR) is 89.5 cm³/mol. The highest BCUT2D eigenvalue weighted by Gasteiger charge is 2.56. The summed E-state index contributed by atoms with van der Waals surface area (Å²) in [6, 6.07) is 10.3. The minimum atomic E-state index is -0.664.